The van der Waals surface area contributed by atoms with Crippen molar-refractivity contribution in [3.8, 4) is 0 Å². The molecule has 0 radical (unpaired) electrons. The molecule has 1 heterocycles. The van der Waals surface area contributed by atoms with Crippen molar-refractivity contribution in [2.45, 2.75) is 18.3 Å². The van der Waals surface area contributed by atoms with Gasteiger partial charge in [0.05, 0.1) is 10.9 Å². The lowest BCUT2D eigenvalue weighted by molar-refractivity contribution is -0.118. The molecular weight excluding hydrogens is 311 g/mol. The number of amides is 1. The van der Waals surface area contributed by atoms with Gasteiger partial charge in [-0.15, -0.1) is 0 Å². The standard InChI is InChI=1S/C18H15FN2O3/c1-21-14-7-6-11(10-15(14)24-17(21)23)20-16(22)18(8-9-18)12-4-2-3-5-13(12)19/h2-7,10H,8-9H2,1H3,(H,20,22). The van der Waals surface area contributed by atoms with Gasteiger partial charge in [-0.25, -0.2) is 9.18 Å². The Labute approximate surface area is 136 Å². The van der Waals surface area contributed by atoms with Gasteiger partial charge in [0, 0.05) is 24.4 Å². The minimum atomic E-state index is -0.808. The second-order valence-corrected chi connectivity index (χ2v) is 6.13. The molecule has 3 aromatic rings. The van der Waals surface area contributed by atoms with Crippen molar-refractivity contribution >= 4 is 22.7 Å². The number of anilines is 1. The first kappa shape index (κ1) is 14.7. The molecule has 1 amide bonds. The van der Waals surface area contributed by atoms with E-state index >= 15 is 0 Å². The van der Waals surface area contributed by atoms with Crippen LogP contribution in [0.5, 0.6) is 0 Å². The van der Waals surface area contributed by atoms with Crippen molar-refractivity contribution in [1.29, 1.82) is 0 Å². The van der Waals surface area contributed by atoms with Crippen LogP contribution in [-0.2, 0) is 17.3 Å². The maximum atomic E-state index is 14.0. The molecule has 2 aromatic carbocycles. The van der Waals surface area contributed by atoms with Crippen LogP contribution >= 0.6 is 0 Å². The van der Waals surface area contributed by atoms with Crippen molar-refractivity contribution in [3.63, 3.8) is 0 Å². The van der Waals surface area contributed by atoms with E-state index in [2.05, 4.69) is 5.32 Å². The van der Waals surface area contributed by atoms with E-state index in [0.717, 1.165) is 0 Å². The largest absolute Gasteiger partial charge is 0.419 e. The lowest BCUT2D eigenvalue weighted by Crippen LogP contribution is -2.28. The van der Waals surface area contributed by atoms with Crippen LogP contribution < -0.4 is 11.1 Å². The SMILES string of the molecule is Cn1c(=O)oc2cc(NC(=O)C3(c4ccccc4F)CC3)ccc21. The Morgan fingerprint density at radius 1 is 1.25 bits per heavy atom. The predicted octanol–water partition coefficient (Wildman–Crippen LogP) is 2.94. The zero-order chi connectivity index (χ0) is 16.9. The van der Waals surface area contributed by atoms with Crippen molar-refractivity contribution in [2.75, 3.05) is 5.32 Å². The average molecular weight is 326 g/mol. The molecule has 1 aliphatic rings. The number of aryl methyl sites for hydroxylation is 1. The Bertz CT molecular complexity index is 1010. The molecule has 1 aromatic heterocycles. The third-order valence-electron chi connectivity index (χ3n) is 4.62. The number of nitrogens with one attached hydrogen (secondary N) is 1. The summed E-state index contributed by atoms with van der Waals surface area (Å²) in [4.78, 5) is 24.2. The normalized spacial score (nSPS) is 15.4. The third kappa shape index (κ3) is 2.14. The van der Waals surface area contributed by atoms with Crippen molar-refractivity contribution < 1.29 is 13.6 Å². The molecule has 0 bridgehead atoms. The summed E-state index contributed by atoms with van der Waals surface area (Å²) in [7, 11) is 1.61. The Kier molecular flexibility index (Phi) is 3.09. The van der Waals surface area contributed by atoms with Crippen LogP contribution in [0, 0.1) is 5.82 Å². The van der Waals surface area contributed by atoms with Crippen molar-refractivity contribution in [2.24, 2.45) is 7.05 Å². The minimum Gasteiger partial charge on any atom is -0.408 e. The molecule has 1 N–H and O–H groups in total. The molecule has 4 rings (SSSR count). The monoisotopic (exact) mass is 326 g/mol. The summed E-state index contributed by atoms with van der Waals surface area (Å²) in [5.74, 6) is -1.07. The fourth-order valence-electron chi connectivity index (χ4n) is 3.06. The molecule has 0 unspecified atom stereocenters. The van der Waals surface area contributed by atoms with Gasteiger partial charge >= 0.3 is 5.76 Å². The molecule has 24 heavy (non-hydrogen) atoms. The van der Waals surface area contributed by atoms with Gasteiger partial charge in [-0.1, -0.05) is 18.2 Å². The number of hydrogen-bond acceptors (Lipinski definition) is 3. The molecule has 1 saturated carbocycles. The van der Waals surface area contributed by atoms with E-state index in [-0.39, 0.29) is 11.7 Å². The number of carbonyl (C=O) groups excluding carboxylic acids is 1. The number of halogens is 1. The highest BCUT2D eigenvalue weighted by atomic mass is 19.1. The molecular formula is C18H15FN2O3. The van der Waals surface area contributed by atoms with Gasteiger partial charge in [0.2, 0.25) is 5.91 Å². The molecule has 0 atom stereocenters. The zero-order valence-electron chi connectivity index (χ0n) is 13.0. The Morgan fingerprint density at radius 2 is 2.00 bits per heavy atom. The lowest BCUT2D eigenvalue weighted by Gasteiger charge is -2.16. The van der Waals surface area contributed by atoms with E-state index in [0.29, 0.717) is 35.2 Å². The van der Waals surface area contributed by atoms with Crippen molar-refractivity contribution in [3.05, 3.63) is 64.4 Å². The highest BCUT2D eigenvalue weighted by Crippen LogP contribution is 2.49. The van der Waals surface area contributed by atoms with Crippen LogP contribution in [0.4, 0.5) is 10.1 Å². The number of fused-ring (bicyclic) bond motifs is 1. The lowest BCUT2D eigenvalue weighted by atomic mass is 9.94. The predicted molar refractivity (Wildman–Crippen MR) is 87.4 cm³/mol. The minimum absolute atomic E-state index is 0.245. The van der Waals surface area contributed by atoms with Crippen LogP contribution in [0.15, 0.2) is 51.7 Å². The summed E-state index contributed by atoms with van der Waals surface area (Å²) >= 11 is 0. The number of aromatic nitrogens is 1. The van der Waals surface area contributed by atoms with Gasteiger partial charge in [-0.3, -0.25) is 9.36 Å². The molecule has 122 valence electrons. The first-order valence-electron chi connectivity index (χ1n) is 7.67. The topological polar surface area (TPSA) is 64.2 Å². The number of rotatable bonds is 3. The summed E-state index contributed by atoms with van der Waals surface area (Å²) in [6.45, 7) is 0. The number of hydrogen-bond donors (Lipinski definition) is 1. The molecule has 1 fully saturated rings. The van der Waals surface area contributed by atoms with Gasteiger partial charge in [-0.2, -0.15) is 0 Å². The van der Waals surface area contributed by atoms with Crippen LogP contribution in [0.1, 0.15) is 18.4 Å². The second kappa shape index (κ2) is 5.06. The highest BCUT2D eigenvalue weighted by Gasteiger charge is 2.52. The smallest absolute Gasteiger partial charge is 0.408 e. The van der Waals surface area contributed by atoms with Crippen molar-refractivity contribution in [1.82, 2.24) is 4.57 Å². The van der Waals surface area contributed by atoms with E-state index in [4.69, 9.17) is 4.42 Å². The maximum absolute atomic E-state index is 14.0. The molecule has 6 heteroatoms. The van der Waals surface area contributed by atoms with Gasteiger partial charge in [-0.05, 0) is 31.0 Å². The van der Waals surface area contributed by atoms with E-state index in [1.54, 1.807) is 43.4 Å². The Morgan fingerprint density at radius 3 is 2.71 bits per heavy atom. The molecule has 1 aliphatic carbocycles. The highest BCUT2D eigenvalue weighted by molar-refractivity contribution is 6.02. The summed E-state index contributed by atoms with van der Waals surface area (Å²) in [5.41, 5.74) is 1.18. The summed E-state index contributed by atoms with van der Waals surface area (Å²) in [5, 5.41) is 2.81. The summed E-state index contributed by atoms with van der Waals surface area (Å²) in [6, 6.07) is 11.4. The first-order chi connectivity index (χ1) is 11.5. The van der Waals surface area contributed by atoms with E-state index < -0.39 is 11.2 Å². The molecule has 5 nitrogen and oxygen atoms in total. The molecule has 0 saturated heterocycles. The van der Waals surface area contributed by atoms with Crippen LogP contribution in [0.3, 0.4) is 0 Å². The molecule has 0 spiro atoms. The average Bonchev–Trinajstić information content (AvgIpc) is 3.31. The number of carbonyl (C=O) groups is 1. The van der Waals surface area contributed by atoms with Crippen LogP contribution in [0.2, 0.25) is 0 Å². The Hall–Kier alpha value is -2.89. The Balaban J connectivity index is 1.65. The molecule has 0 aliphatic heterocycles. The van der Waals surface area contributed by atoms with Crippen LogP contribution in [-0.4, -0.2) is 10.5 Å². The zero-order valence-corrected chi connectivity index (χ0v) is 13.0. The van der Waals surface area contributed by atoms with Gasteiger partial charge < -0.3 is 9.73 Å². The second-order valence-electron chi connectivity index (χ2n) is 6.13. The van der Waals surface area contributed by atoms with Gasteiger partial charge in [0.15, 0.2) is 5.58 Å². The number of oxazole rings is 1. The van der Waals surface area contributed by atoms with E-state index in [1.807, 2.05) is 0 Å². The third-order valence-corrected chi connectivity index (χ3v) is 4.62. The summed E-state index contributed by atoms with van der Waals surface area (Å²) in [6.07, 6.45) is 1.23. The van der Waals surface area contributed by atoms with E-state index in [1.165, 1.54) is 10.6 Å². The van der Waals surface area contributed by atoms with Gasteiger partial charge in [0.25, 0.3) is 0 Å². The summed E-state index contributed by atoms with van der Waals surface area (Å²) < 4.78 is 20.6. The van der Waals surface area contributed by atoms with Gasteiger partial charge in [0.1, 0.15) is 5.82 Å². The van der Waals surface area contributed by atoms with Crippen LogP contribution in [0.25, 0.3) is 11.1 Å². The number of benzene rings is 2. The quantitative estimate of drug-likeness (QED) is 0.805. The fraction of sp³-hybridized carbons (Fsp3) is 0.222. The first-order valence-corrected chi connectivity index (χ1v) is 7.67. The van der Waals surface area contributed by atoms with E-state index in [9.17, 15) is 14.0 Å². The number of nitrogens with zero attached hydrogens (tertiary/aromatic N) is 1. The maximum Gasteiger partial charge on any atom is 0.419 e. The fourth-order valence-corrected chi connectivity index (χ4v) is 3.06.